The Bertz CT molecular complexity index is 1440. The van der Waals surface area contributed by atoms with Gasteiger partial charge in [0, 0.05) is 34.9 Å². The number of nitrogens with zero attached hydrogens (tertiary/aromatic N) is 3. The van der Waals surface area contributed by atoms with Gasteiger partial charge in [-0.1, -0.05) is 6.07 Å². The summed E-state index contributed by atoms with van der Waals surface area (Å²) in [4.78, 5) is 25.8. The highest BCUT2D eigenvalue weighted by atomic mass is 32.2. The molecule has 38 heavy (non-hydrogen) atoms. The number of thioether (sulfide) groups is 1. The van der Waals surface area contributed by atoms with Crippen molar-refractivity contribution in [1.29, 1.82) is 0 Å². The molecule has 0 unspecified atom stereocenters. The Hall–Kier alpha value is -3.97. The molecular formula is C25H21F3N6O2S2. The summed E-state index contributed by atoms with van der Waals surface area (Å²) in [5.74, 6) is 1.36. The molecule has 4 rings (SSSR count). The van der Waals surface area contributed by atoms with Gasteiger partial charge >= 0.3 is 11.5 Å². The Labute approximate surface area is 225 Å². The number of amides is 2. The van der Waals surface area contributed by atoms with Gasteiger partial charge in [-0.2, -0.15) is 13.2 Å². The Balaban J connectivity index is 1.39. The average molecular weight is 559 g/mol. The lowest BCUT2D eigenvalue weighted by Gasteiger charge is -2.13. The average Bonchev–Trinajstić information content (AvgIpc) is 2.88. The number of aromatic nitrogens is 3. The van der Waals surface area contributed by atoms with Gasteiger partial charge in [-0.3, -0.25) is 4.72 Å². The first-order valence-electron chi connectivity index (χ1n) is 11.0. The molecule has 0 aliphatic rings. The smallest absolute Gasteiger partial charge is 0.438 e. The molecule has 196 valence electrons. The third-order valence-corrected chi connectivity index (χ3v) is 6.36. The van der Waals surface area contributed by atoms with Crippen molar-refractivity contribution in [3.05, 3.63) is 78.6 Å². The van der Waals surface area contributed by atoms with Crippen LogP contribution >= 0.6 is 23.7 Å². The predicted molar refractivity (Wildman–Crippen MR) is 142 cm³/mol. The highest BCUT2D eigenvalue weighted by Crippen LogP contribution is 2.38. The minimum Gasteiger partial charge on any atom is -0.438 e. The molecule has 0 aliphatic heterocycles. The van der Waals surface area contributed by atoms with Crippen LogP contribution in [0.25, 0.3) is 11.3 Å². The molecule has 4 aromatic rings. The van der Waals surface area contributed by atoms with Crippen molar-refractivity contribution in [2.24, 2.45) is 0 Å². The third-order valence-electron chi connectivity index (χ3n) is 4.87. The zero-order chi connectivity index (χ0) is 27.1. The highest BCUT2D eigenvalue weighted by molar-refractivity contribution is 8.00. The third kappa shape index (κ3) is 7.52. The molecule has 0 fully saturated rings. The number of carbonyl (C=O) groups excluding carboxylic acids is 1. The van der Waals surface area contributed by atoms with Crippen molar-refractivity contribution in [3.8, 4) is 22.9 Å². The van der Waals surface area contributed by atoms with Gasteiger partial charge in [-0.25, -0.2) is 19.7 Å². The van der Waals surface area contributed by atoms with E-state index in [9.17, 15) is 18.0 Å². The van der Waals surface area contributed by atoms with Crippen molar-refractivity contribution in [3.63, 3.8) is 0 Å². The molecule has 0 spiro atoms. The Morgan fingerprint density at radius 1 is 0.974 bits per heavy atom. The molecule has 0 atom stereocenters. The lowest BCUT2D eigenvalue weighted by atomic mass is 10.2. The summed E-state index contributed by atoms with van der Waals surface area (Å²) in [5.41, 5.74) is -1.82. The number of hydrogen-bond acceptors (Lipinski definition) is 8. The van der Waals surface area contributed by atoms with Crippen LogP contribution in [0.5, 0.6) is 11.6 Å². The first-order valence-corrected chi connectivity index (χ1v) is 12.7. The summed E-state index contributed by atoms with van der Waals surface area (Å²) in [7, 11) is 1.73. The molecule has 2 aromatic carbocycles. The van der Waals surface area contributed by atoms with E-state index in [1.165, 1.54) is 18.2 Å². The van der Waals surface area contributed by atoms with Gasteiger partial charge in [0.1, 0.15) is 5.75 Å². The molecule has 2 amide bonds. The van der Waals surface area contributed by atoms with Gasteiger partial charge in [0.25, 0.3) is 0 Å². The van der Waals surface area contributed by atoms with E-state index in [1.54, 1.807) is 55.8 Å². The maximum atomic E-state index is 12.6. The topological polar surface area (TPSA) is 101 Å². The SMILES string of the molecule is CNc1nccc(-c2cccnc2Oc2ccc(NC(=O)NSc3cccc(SC(F)(F)F)c3)cc2C)n1. The lowest BCUT2D eigenvalue weighted by Crippen LogP contribution is -2.22. The molecule has 0 bridgehead atoms. The van der Waals surface area contributed by atoms with E-state index in [1.807, 2.05) is 13.0 Å². The van der Waals surface area contributed by atoms with Gasteiger partial charge in [0.2, 0.25) is 11.8 Å². The molecular weight excluding hydrogens is 537 g/mol. The molecule has 0 saturated heterocycles. The van der Waals surface area contributed by atoms with Crippen LogP contribution < -0.4 is 20.1 Å². The van der Waals surface area contributed by atoms with E-state index < -0.39 is 11.5 Å². The van der Waals surface area contributed by atoms with Crippen molar-refractivity contribution in [2.45, 2.75) is 22.2 Å². The monoisotopic (exact) mass is 558 g/mol. The van der Waals surface area contributed by atoms with Crippen LogP contribution in [0.3, 0.4) is 0 Å². The molecule has 13 heteroatoms. The number of benzene rings is 2. The predicted octanol–water partition coefficient (Wildman–Crippen LogP) is 7.12. The fraction of sp³-hybridized carbons (Fsp3) is 0.120. The minimum absolute atomic E-state index is 0.0363. The second-order valence-electron chi connectivity index (χ2n) is 7.63. The van der Waals surface area contributed by atoms with Crippen LogP contribution in [0.15, 0.2) is 82.8 Å². The van der Waals surface area contributed by atoms with Gasteiger partial charge in [-0.05, 0) is 90.8 Å². The zero-order valence-electron chi connectivity index (χ0n) is 20.0. The van der Waals surface area contributed by atoms with Gasteiger partial charge in [-0.15, -0.1) is 0 Å². The number of rotatable bonds is 8. The molecule has 2 heterocycles. The van der Waals surface area contributed by atoms with Crippen LogP contribution in [0.1, 0.15) is 5.56 Å². The molecule has 8 nitrogen and oxygen atoms in total. The van der Waals surface area contributed by atoms with Crippen molar-refractivity contribution >= 4 is 41.4 Å². The first-order chi connectivity index (χ1) is 18.2. The number of aryl methyl sites for hydroxylation is 1. The fourth-order valence-electron chi connectivity index (χ4n) is 3.24. The van der Waals surface area contributed by atoms with Crippen molar-refractivity contribution in [2.75, 3.05) is 17.7 Å². The zero-order valence-corrected chi connectivity index (χ0v) is 21.7. The first kappa shape index (κ1) is 27.1. The molecule has 0 radical (unpaired) electrons. The number of urea groups is 1. The van der Waals surface area contributed by atoms with E-state index in [0.29, 0.717) is 39.4 Å². The Kier molecular flexibility index (Phi) is 8.59. The van der Waals surface area contributed by atoms with Gasteiger partial charge < -0.3 is 15.4 Å². The van der Waals surface area contributed by atoms with Crippen LogP contribution in [0.4, 0.5) is 29.6 Å². The van der Waals surface area contributed by atoms with Crippen LogP contribution in [0.2, 0.25) is 0 Å². The number of hydrogen-bond donors (Lipinski definition) is 3. The number of pyridine rings is 1. The fourth-order valence-corrected chi connectivity index (χ4v) is 4.51. The summed E-state index contributed by atoms with van der Waals surface area (Å²) in [6, 6.07) is 15.8. The number of ether oxygens (including phenoxy) is 1. The molecule has 2 aromatic heterocycles. The number of alkyl halides is 3. The van der Waals surface area contributed by atoms with E-state index >= 15 is 0 Å². The number of anilines is 2. The van der Waals surface area contributed by atoms with E-state index in [4.69, 9.17) is 4.74 Å². The normalized spacial score (nSPS) is 11.1. The summed E-state index contributed by atoms with van der Waals surface area (Å²) < 4.78 is 46.4. The van der Waals surface area contributed by atoms with Crippen molar-refractivity contribution in [1.82, 2.24) is 19.7 Å². The summed E-state index contributed by atoms with van der Waals surface area (Å²) in [6.07, 6.45) is 3.25. The maximum absolute atomic E-state index is 12.6. The van der Waals surface area contributed by atoms with E-state index in [-0.39, 0.29) is 16.7 Å². The maximum Gasteiger partial charge on any atom is 0.446 e. The number of carbonyl (C=O) groups is 1. The lowest BCUT2D eigenvalue weighted by molar-refractivity contribution is -0.0328. The summed E-state index contributed by atoms with van der Waals surface area (Å²) in [5, 5.41) is 5.60. The minimum atomic E-state index is -4.38. The largest absolute Gasteiger partial charge is 0.446 e. The number of nitrogens with one attached hydrogen (secondary N) is 3. The second kappa shape index (κ2) is 12.0. The van der Waals surface area contributed by atoms with Crippen LogP contribution in [-0.4, -0.2) is 33.5 Å². The second-order valence-corrected chi connectivity index (χ2v) is 9.65. The Morgan fingerprint density at radius 2 is 1.79 bits per heavy atom. The molecule has 0 saturated carbocycles. The Morgan fingerprint density at radius 3 is 2.55 bits per heavy atom. The van der Waals surface area contributed by atoms with Crippen LogP contribution in [-0.2, 0) is 0 Å². The molecule has 3 N–H and O–H groups in total. The van der Waals surface area contributed by atoms with E-state index in [2.05, 4.69) is 30.3 Å². The van der Waals surface area contributed by atoms with Crippen LogP contribution in [0, 0.1) is 6.92 Å². The standard InChI is InChI=1S/C25H21F3N6O2S2/c1-15-13-16(32-24(35)34-38-18-6-3-5-17(14-18)37-25(26,27)28)8-9-21(15)36-22-19(7-4-11-30-22)20-10-12-31-23(29-2)33-20/h3-14H,1-2H3,(H,29,31,33)(H2,32,34,35). The van der Waals surface area contributed by atoms with E-state index in [0.717, 1.165) is 17.5 Å². The van der Waals surface area contributed by atoms with Gasteiger partial charge in [0.05, 0.1) is 11.3 Å². The summed E-state index contributed by atoms with van der Waals surface area (Å²) >= 11 is 0.698. The van der Waals surface area contributed by atoms with Gasteiger partial charge in [0.15, 0.2) is 0 Å². The summed E-state index contributed by atoms with van der Waals surface area (Å²) in [6.45, 7) is 1.82. The quantitative estimate of drug-likeness (QED) is 0.155. The number of halogens is 3. The molecule has 0 aliphatic carbocycles. The van der Waals surface area contributed by atoms with Crippen molar-refractivity contribution < 1.29 is 22.7 Å². The highest BCUT2D eigenvalue weighted by Gasteiger charge is 2.29.